The van der Waals surface area contributed by atoms with E-state index >= 15 is 0 Å². The van der Waals surface area contributed by atoms with Gasteiger partial charge in [-0.1, -0.05) is 19.6 Å². The topological polar surface area (TPSA) is 196 Å². The number of piperidine rings is 2. The van der Waals surface area contributed by atoms with Crippen molar-refractivity contribution in [1.82, 2.24) is 44.6 Å². The first-order chi connectivity index (χ1) is 30.9. The van der Waals surface area contributed by atoms with Gasteiger partial charge in [-0.3, -0.25) is 0 Å². The highest BCUT2D eigenvalue weighted by Crippen LogP contribution is 2.35. The van der Waals surface area contributed by atoms with E-state index in [4.69, 9.17) is 25.3 Å². The van der Waals surface area contributed by atoms with Crippen LogP contribution in [0.1, 0.15) is 62.6 Å². The molecule has 0 bridgehead atoms. The van der Waals surface area contributed by atoms with Gasteiger partial charge in [0.2, 0.25) is 5.88 Å². The Bertz CT molecular complexity index is 2710. The first-order valence-corrected chi connectivity index (χ1v) is 22.8. The van der Waals surface area contributed by atoms with Crippen molar-refractivity contribution >= 4 is 44.9 Å². The van der Waals surface area contributed by atoms with E-state index in [0.29, 0.717) is 39.5 Å². The smallest absolute Gasteiger partial charge is 0.213 e. The van der Waals surface area contributed by atoms with Crippen molar-refractivity contribution in [1.29, 1.82) is 0 Å². The third-order valence-corrected chi connectivity index (χ3v) is 13.1. The molecule has 0 amide bonds. The van der Waals surface area contributed by atoms with Crippen LogP contribution in [0.5, 0.6) is 17.4 Å². The Kier molecular flexibility index (Phi) is 12.6. The molecule has 16 nitrogen and oxygen atoms in total. The van der Waals surface area contributed by atoms with Crippen molar-refractivity contribution in [2.75, 3.05) is 48.8 Å². The second kappa shape index (κ2) is 18.9. The van der Waals surface area contributed by atoms with Crippen molar-refractivity contribution < 1.29 is 18.8 Å². The second-order valence-electron chi connectivity index (χ2n) is 15.9. The minimum absolute atomic E-state index is 0.0370. The van der Waals surface area contributed by atoms with Crippen molar-refractivity contribution in [3.8, 4) is 28.6 Å². The summed E-state index contributed by atoms with van der Waals surface area (Å²) in [4.78, 5) is 21.7. The Labute approximate surface area is 368 Å². The number of fused-ring (bicyclic) bond motifs is 2. The molecule has 2 aliphatic rings. The molecule has 0 radical (unpaired) electrons. The molecule has 17 heteroatoms. The number of benzene rings is 2. The van der Waals surface area contributed by atoms with Gasteiger partial charge in [-0.15, -0.1) is 0 Å². The Morgan fingerprint density at radius 1 is 1.00 bits per heavy atom. The van der Waals surface area contributed by atoms with Crippen LogP contribution in [0.2, 0.25) is 0 Å². The van der Waals surface area contributed by atoms with Crippen LogP contribution in [0, 0.1) is 0 Å². The number of pyridine rings is 1. The maximum Gasteiger partial charge on any atom is 0.213 e. The number of aliphatic hydroxyl groups is 1. The molecule has 2 aliphatic heterocycles. The normalized spacial score (nSPS) is 17.2. The molecule has 7 heterocycles. The molecule has 3 atom stereocenters. The molecule has 0 spiro atoms. The molecule has 2 aromatic carbocycles. The van der Waals surface area contributed by atoms with E-state index in [2.05, 4.69) is 49.1 Å². The zero-order valence-electron chi connectivity index (χ0n) is 35.3. The van der Waals surface area contributed by atoms with E-state index in [1.807, 2.05) is 51.8 Å². The lowest BCUT2D eigenvalue weighted by atomic mass is 9.99. The first-order valence-electron chi connectivity index (χ1n) is 21.6. The molecule has 5 aromatic heterocycles. The predicted octanol–water partition coefficient (Wildman–Crippen LogP) is 6.85. The summed E-state index contributed by atoms with van der Waals surface area (Å²) in [6, 6.07) is 21.0. The summed E-state index contributed by atoms with van der Waals surface area (Å²) in [5.41, 5.74) is 11.5. The molecule has 2 fully saturated rings. The molecule has 63 heavy (non-hydrogen) atoms. The van der Waals surface area contributed by atoms with Gasteiger partial charge >= 0.3 is 0 Å². The van der Waals surface area contributed by atoms with Gasteiger partial charge in [-0.05, 0) is 106 Å². The van der Waals surface area contributed by atoms with Crippen LogP contribution in [0.3, 0.4) is 0 Å². The van der Waals surface area contributed by atoms with Gasteiger partial charge in [0, 0.05) is 66.6 Å². The largest absolute Gasteiger partial charge is 0.472 e. The number of nitrogens with two attached hydrogens (primary N) is 1. The average Bonchev–Trinajstić information content (AvgIpc) is 3.94. The summed E-state index contributed by atoms with van der Waals surface area (Å²) < 4.78 is 29.3. The summed E-state index contributed by atoms with van der Waals surface area (Å²) in [6.45, 7) is 9.58. The molecule has 3 unspecified atom stereocenters. The lowest BCUT2D eigenvalue weighted by Crippen LogP contribution is -2.40. The number of aliphatic hydroxyl groups excluding tert-OH is 1. The van der Waals surface area contributed by atoms with Crippen molar-refractivity contribution in [2.24, 2.45) is 0 Å². The molecule has 0 saturated carbocycles. The van der Waals surface area contributed by atoms with Crippen molar-refractivity contribution in [3.63, 3.8) is 0 Å². The van der Waals surface area contributed by atoms with E-state index < -0.39 is 10.8 Å². The fraction of sp³-hybridized carbons (Fsp3) is 0.348. The number of ether oxygens (including phenoxy) is 2. The molecular weight excluding hydrogens is 817 g/mol. The number of hydrogen-bond acceptors (Lipinski definition) is 14. The van der Waals surface area contributed by atoms with Gasteiger partial charge in [0.25, 0.3) is 0 Å². The number of nitrogen functional groups attached to an aromatic ring is 1. The standard InChI is InChI=1S/C46H52N12O4S/c1-3-32-26-53-58-39(23-40(54-45(32)58)56-21-5-4-7-34(56)19-22-59)49-24-31-9-18-41(50-25-31)61-28-30(2)63(60)38-16-14-37(15-17-38)62-36-12-10-33(11-13-36)43-42-44(47)51-29-52-46(42)57(55-43)35-8-6-20-48-27-35/h9-18,23,25-26,29,34-35,48-49,59H,2-8,19-22,24,27-28H2,1H3,(H2,47,51,52). The minimum atomic E-state index is -1.52. The van der Waals surface area contributed by atoms with Gasteiger partial charge in [0.1, 0.15) is 47.6 Å². The third-order valence-electron chi connectivity index (χ3n) is 11.7. The maximum atomic E-state index is 13.4. The fourth-order valence-corrected chi connectivity index (χ4v) is 9.26. The first kappa shape index (κ1) is 41.9. The van der Waals surface area contributed by atoms with Crippen LogP contribution in [-0.2, 0) is 23.8 Å². The molecule has 326 valence electrons. The van der Waals surface area contributed by atoms with Gasteiger partial charge in [0.05, 0.1) is 33.3 Å². The fourth-order valence-electron chi connectivity index (χ4n) is 8.38. The monoisotopic (exact) mass is 868 g/mol. The predicted molar refractivity (Wildman–Crippen MR) is 244 cm³/mol. The van der Waals surface area contributed by atoms with Gasteiger partial charge in [0.15, 0.2) is 11.3 Å². The average molecular weight is 869 g/mol. The summed E-state index contributed by atoms with van der Waals surface area (Å²) >= 11 is 0. The molecular formula is C46H52N12O4S. The van der Waals surface area contributed by atoms with E-state index in [0.717, 1.165) is 115 Å². The SMILES string of the molecule is C=C(COc1ccc(CNc2cc(N3CCCCC3CCO)nc3c(CC)cnn23)cn1)S(=O)c1ccc(Oc2ccc(-c3nn(C4CCCNC4)c4ncnc(N)c34)cc2)cc1. The van der Waals surface area contributed by atoms with E-state index in [1.54, 1.807) is 36.5 Å². The lowest BCUT2D eigenvalue weighted by molar-refractivity contribution is 0.262. The number of rotatable bonds is 16. The molecule has 7 aromatic rings. The summed E-state index contributed by atoms with van der Waals surface area (Å²) in [5.74, 6) is 3.76. The van der Waals surface area contributed by atoms with Crippen LogP contribution >= 0.6 is 0 Å². The zero-order valence-corrected chi connectivity index (χ0v) is 36.1. The van der Waals surface area contributed by atoms with E-state index in [-0.39, 0.29) is 25.3 Å². The van der Waals surface area contributed by atoms with Crippen LogP contribution in [-0.4, -0.2) is 87.5 Å². The molecule has 0 aliphatic carbocycles. The number of aromatic nitrogens is 8. The van der Waals surface area contributed by atoms with Crippen molar-refractivity contribution in [3.05, 3.63) is 108 Å². The minimum Gasteiger partial charge on any atom is -0.472 e. The molecule has 5 N–H and O–H groups in total. The van der Waals surface area contributed by atoms with Crippen molar-refractivity contribution in [2.45, 2.75) is 75.4 Å². The second-order valence-corrected chi connectivity index (χ2v) is 17.5. The zero-order chi connectivity index (χ0) is 43.3. The number of anilines is 3. The number of aryl methyl sites for hydroxylation is 1. The van der Waals surface area contributed by atoms with E-state index in [1.165, 1.54) is 6.33 Å². The highest BCUT2D eigenvalue weighted by Gasteiger charge is 2.26. The number of nitrogens with zero attached hydrogens (tertiary/aromatic N) is 9. The van der Waals surface area contributed by atoms with E-state index in [9.17, 15) is 9.32 Å². The highest BCUT2D eigenvalue weighted by molar-refractivity contribution is 7.89. The summed E-state index contributed by atoms with van der Waals surface area (Å²) in [7, 11) is -1.52. The van der Waals surface area contributed by atoms with Gasteiger partial charge in [-0.25, -0.2) is 28.8 Å². The van der Waals surface area contributed by atoms with Crippen LogP contribution < -0.4 is 30.7 Å². The quantitative estimate of drug-likeness (QED) is 0.0788. The Hall–Kier alpha value is -6.43. The Morgan fingerprint density at radius 3 is 2.57 bits per heavy atom. The summed E-state index contributed by atoms with van der Waals surface area (Å²) in [5, 5.41) is 27.1. The van der Waals surface area contributed by atoms with Crippen LogP contribution in [0.15, 0.2) is 102 Å². The van der Waals surface area contributed by atoms with Gasteiger partial charge in [-0.2, -0.15) is 14.7 Å². The number of hydrogen-bond donors (Lipinski definition) is 4. The Morgan fingerprint density at radius 2 is 1.83 bits per heavy atom. The van der Waals surface area contributed by atoms with Crippen LogP contribution in [0.25, 0.3) is 27.9 Å². The lowest BCUT2D eigenvalue weighted by Gasteiger charge is -2.36. The molecule has 9 rings (SSSR count). The molecule has 2 saturated heterocycles. The Balaban J connectivity index is 0.789. The van der Waals surface area contributed by atoms with Gasteiger partial charge < -0.3 is 35.8 Å². The maximum absolute atomic E-state index is 13.4. The number of nitrogens with one attached hydrogen (secondary N) is 2. The van der Waals surface area contributed by atoms with Crippen LogP contribution in [0.4, 0.5) is 17.5 Å². The highest BCUT2D eigenvalue weighted by atomic mass is 32.2. The third kappa shape index (κ3) is 9.07. The summed E-state index contributed by atoms with van der Waals surface area (Å²) in [6.07, 6.45) is 12.0.